The lowest BCUT2D eigenvalue weighted by molar-refractivity contribution is 0.332. The van der Waals surface area contributed by atoms with Gasteiger partial charge in [-0.3, -0.25) is 0 Å². The Bertz CT molecular complexity index is 3240. The Morgan fingerprint density at radius 1 is 0.408 bits per heavy atom. The molecule has 0 aromatic heterocycles. The van der Waals surface area contributed by atoms with Gasteiger partial charge in [0.1, 0.15) is 0 Å². The summed E-state index contributed by atoms with van der Waals surface area (Å²) < 4.78 is 0. The highest BCUT2D eigenvalue weighted by atomic mass is 15.2. The van der Waals surface area contributed by atoms with Crippen molar-refractivity contribution in [3.05, 3.63) is 195 Å². The van der Waals surface area contributed by atoms with E-state index in [-0.39, 0.29) is 45.1 Å². The number of fused-ring (bicyclic) bond motifs is 6. The largest absolute Gasteiger partial charge is 0.311 e. The van der Waals surface area contributed by atoms with E-state index in [0.717, 1.165) is 12.8 Å². The Hall–Kier alpha value is -5.80. The maximum atomic E-state index is 2.77. The van der Waals surface area contributed by atoms with Gasteiger partial charge in [0.25, 0.3) is 6.71 Å². The third-order valence-corrected chi connectivity index (χ3v) is 17.8. The Morgan fingerprint density at radius 3 is 1.42 bits per heavy atom. The van der Waals surface area contributed by atoms with Gasteiger partial charge in [-0.15, -0.1) is 0 Å². The van der Waals surface area contributed by atoms with Crippen molar-refractivity contribution in [1.29, 1.82) is 0 Å². The first-order valence-corrected chi connectivity index (χ1v) is 26.7. The Labute approximate surface area is 428 Å². The number of benzene rings is 7. The summed E-state index contributed by atoms with van der Waals surface area (Å²) in [6.45, 7) is 38.8. The molecule has 0 amide bonds. The van der Waals surface area contributed by atoms with Gasteiger partial charge in [0.05, 0.1) is 0 Å². The predicted octanol–water partition coefficient (Wildman–Crippen LogP) is 16.5. The minimum atomic E-state index is -0.0407. The summed E-state index contributed by atoms with van der Waals surface area (Å²) in [5, 5.41) is 0. The van der Waals surface area contributed by atoms with Crippen molar-refractivity contribution in [1.82, 2.24) is 0 Å². The molecule has 0 radical (unpaired) electrons. The summed E-state index contributed by atoms with van der Waals surface area (Å²) in [5.74, 6) is -0.00159. The fourth-order valence-corrected chi connectivity index (χ4v) is 13.8. The van der Waals surface area contributed by atoms with Gasteiger partial charge in [-0.2, -0.15) is 0 Å². The Morgan fingerprint density at radius 2 is 0.859 bits per heavy atom. The van der Waals surface area contributed by atoms with Crippen molar-refractivity contribution >= 4 is 57.2 Å². The van der Waals surface area contributed by atoms with Crippen molar-refractivity contribution in [2.75, 3.05) is 9.80 Å². The first-order valence-electron chi connectivity index (χ1n) is 26.7. The van der Waals surface area contributed by atoms with Crippen LogP contribution in [0.1, 0.15) is 183 Å². The quantitative estimate of drug-likeness (QED) is 0.125. The van der Waals surface area contributed by atoms with Gasteiger partial charge in [0, 0.05) is 40.0 Å². The summed E-state index contributed by atoms with van der Waals surface area (Å²) in [5.41, 5.74) is 27.2. The zero-order valence-corrected chi connectivity index (χ0v) is 45.9. The van der Waals surface area contributed by atoms with Crippen molar-refractivity contribution in [3.8, 4) is 0 Å². The fraction of sp³-hybridized carbons (Fsp3) is 0.382. The molecule has 2 nitrogen and oxygen atoms in total. The van der Waals surface area contributed by atoms with E-state index in [1.54, 1.807) is 0 Å². The summed E-state index contributed by atoms with van der Waals surface area (Å²) in [4.78, 5) is 5.46. The minimum absolute atomic E-state index is 0.00159. The number of anilines is 6. The Kier molecular flexibility index (Phi) is 10.6. The second-order valence-corrected chi connectivity index (χ2v) is 27.0. The molecule has 0 N–H and O–H groups in total. The second-order valence-electron chi connectivity index (χ2n) is 27.0. The molecule has 0 spiro atoms. The van der Waals surface area contributed by atoms with E-state index in [2.05, 4.69) is 254 Å². The van der Waals surface area contributed by atoms with Gasteiger partial charge in [0.15, 0.2) is 0 Å². The summed E-state index contributed by atoms with van der Waals surface area (Å²) in [7, 11) is 0. The molecular formula is C68H77BN2. The SMILES string of the molecule is Cc1ccc(C(C)(C)C)cc1N1c2ccc(C(C)(C)C)cc2B2c3cc4c(cc3N(c3cc5c(cc3C)C(C)(C)CC5(C)C)c3cc(C(c5ccccc5)c5ccccc5)cc1c32)C(C)(C)CCC4(C)C. The van der Waals surface area contributed by atoms with Crippen molar-refractivity contribution < 1.29 is 0 Å². The van der Waals surface area contributed by atoms with Crippen LogP contribution in [0.5, 0.6) is 0 Å². The van der Waals surface area contributed by atoms with Crippen molar-refractivity contribution in [3.63, 3.8) is 0 Å². The van der Waals surface area contributed by atoms with E-state index in [4.69, 9.17) is 0 Å². The maximum absolute atomic E-state index is 2.77. The molecule has 0 unspecified atom stereocenters. The van der Waals surface area contributed by atoms with Crippen LogP contribution in [0.25, 0.3) is 0 Å². The number of hydrogen-bond acceptors (Lipinski definition) is 2. The van der Waals surface area contributed by atoms with Gasteiger partial charge in [0.2, 0.25) is 0 Å². The van der Waals surface area contributed by atoms with Crippen LogP contribution >= 0.6 is 0 Å². The molecule has 0 bridgehead atoms. The monoisotopic (exact) mass is 933 g/mol. The number of hydrogen-bond donors (Lipinski definition) is 0. The van der Waals surface area contributed by atoms with Crippen LogP contribution in [0.3, 0.4) is 0 Å². The standard InChI is InChI=1S/C68H77BN2/c1-42-27-28-48(64(6,7)8)37-56(42)70-55-30-29-47(63(3,4)5)36-53(55)69-54-38-50-51(66(11,12)32-31-65(50,9)10)40-58(54)71(57-39-52-49(33-43(57)2)67(13,14)41-68(52,15)16)60-35-46(34-59(70)62(60)69)61(44-23-19-17-20-24-44)45-25-21-18-22-26-45/h17-30,33-40,61H,31-32,41H2,1-16H3. The fourth-order valence-electron chi connectivity index (χ4n) is 13.8. The van der Waals surface area contributed by atoms with Crippen LogP contribution in [0.15, 0.2) is 133 Å². The van der Waals surface area contributed by atoms with Crippen LogP contribution in [-0.4, -0.2) is 6.71 Å². The lowest BCUT2D eigenvalue weighted by Gasteiger charge is -2.48. The molecule has 362 valence electrons. The summed E-state index contributed by atoms with van der Waals surface area (Å²) in [6.07, 6.45) is 3.46. The predicted molar refractivity (Wildman–Crippen MR) is 307 cm³/mol. The molecule has 7 aromatic rings. The summed E-state index contributed by atoms with van der Waals surface area (Å²) in [6, 6.07) is 53.1. The van der Waals surface area contributed by atoms with E-state index in [9.17, 15) is 0 Å². The molecule has 2 aliphatic heterocycles. The first-order chi connectivity index (χ1) is 33.3. The maximum Gasteiger partial charge on any atom is 0.252 e. The van der Waals surface area contributed by atoms with E-state index >= 15 is 0 Å². The highest BCUT2D eigenvalue weighted by Gasteiger charge is 2.49. The second kappa shape index (κ2) is 15.9. The lowest BCUT2D eigenvalue weighted by Crippen LogP contribution is -2.62. The van der Waals surface area contributed by atoms with Crippen LogP contribution in [0.4, 0.5) is 34.1 Å². The molecule has 3 heteroatoms. The molecule has 0 saturated heterocycles. The molecule has 71 heavy (non-hydrogen) atoms. The van der Waals surface area contributed by atoms with Crippen LogP contribution in [-0.2, 0) is 32.5 Å². The van der Waals surface area contributed by atoms with Crippen LogP contribution in [0.2, 0.25) is 0 Å². The third-order valence-electron chi connectivity index (χ3n) is 17.8. The molecule has 2 aliphatic carbocycles. The number of nitrogens with zero attached hydrogens (tertiary/aromatic N) is 2. The lowest BCUT2D eigenvalue weighted by atomic mass is 9.32. The van der Waals surface area contributed by atoms with Crippen molar-refractivity contribution in [2.45, 2.75) is 168 Å². The normalized spacial score (nSPS) is 17.9. The molecule has 0 saturated carbocycles. The first kappa shape index (κ1) is 47.5. The van der Waals surface area contributed by atoms with Crippen LogP contribution in [0, 0.1) is 13.8 Å². The number of aryl methyl sites for hydroxylation is 2. The zero-order valence-electron chi connectivity index (χ0n) is 45.9. The minimum Gasteiger partial charge on any atom is -0.311 e. The number of rotatable bonds is 5. The molecule has 4 aliphatic rings. The molecular weight excluding hydrogens is 856 g/mol. The zero-order chi connectivity index (χ0) is 50.5. The third kappa shape index (κ3) is 7.57. The van der Waals surface area contributed by atoms with Gasteiger partial charge in [-0.25, -0.2) is 0 Å². The molecule has 2 heterocycles. The smallest absolute Gasteiger partial charge is 0.252 e. The van der Waals surface area contributed by atoms with E-state index in [1.807, 2.05) is 0 Å². The van der Waals surface area contributed by atoms with Gasteiger partial charge < -0.3 is 9.80 Å². The van der Waals surface area contributed by atoms with E-state index in [0.29, 0.717) is 0 Å². The highest BCUT2D eigenvalue weighted by molar-refractivity contribution is 7.00. The molecule has 0 atom stereocenters. The summed E-state index contributed by atoms with van der Waals surface area (Å²) >= 11 is 0. The van der Waals surface area contributed by atoms with Gasteiger partial charge in [-0.1, -0.05) is 194 Å². The molecule has 7 aromatic carbocycles. The molecule has 0 fully saturated rings. The van der Waals surface area contributed by atoms with Gasteiger partial charge in [-0.05, 0) is 180 Å². The average molecular weight is 933 g/mol. The van der Waals surface area contributed by atoms with Crippen molar-refractivity contribution in [2.24, 2.45) is 0 Å². The molecule has 11 rings (SSSR count). The Balaban J connectivity index is 1.34. The van der Waals surface area contributed by atoms with Gasteiger partial charge >= 0.3 is 0 Å². The average Bonchev–Trinajstić information content (AvgIpc) is 3.48. The van der Waals surface area contributed by atoms with E-state index < -0.39 is 0 Å². The van der Waals surface area contributed by atoms with Crippen LogP contribution < -0.4 is 26.2 Å². The topological polar surface area (TPSA) is 6.48 Å². The van der Waals surface area contributed by atoms with E-state index in [1.165, 1.54) is 118 Å². The highest BCUT2D eigenvalue weighted by Crippen LogP contribution is 2.55.